The zero-order valence-electron chi connectivity index (χ0n) is 11.1. The maximum absolute atomic E-state index is 12.0. The van der Waals surface area contributed by atoms with E-state index in [1.165, 1.54) is 6.26 Å². The Bertz CT molecular complexity index is 434. The van der Waals surface area contributed by atoms with E-state index in [9.17, 15) is 4.79 Å². The topological polar surface area (TPSA) is 71.5 Å². The van der Waals surface area contributed by atoms with Crippen LogP contribution in [0.15, 0.2) is 29.4 Å². The summed E-state index contributed by atoms with van der Waals surface area (Å²) in [5.41, 5.74) is 6.00. The van der Waals surface area contributed by atoms with Crippen LogP contribution < -0.4 is 11.1 Å². The van der Waals surface area contributed by atoms with Gasteiger partial charge in [0.05, 0.1) is 12.1 Å². The number of nitrogens with zero attached hydrogens (tertiary/aromatic N) is 1. The molecule has 3 N–H and O–H groups in total. The molecule has 1 aromatic heterocycles. The van der Waals surface area contributed by atoms with Crippen LogP contribution in [0.4, 0.5) is 0 Å². The van der Waals surface area contributed by atoms with E-state index in [1.54, 1.807) is 6.07 Å². The highest BCUT2D eigenvalue weighted by Gasteiger charge is 2.21. The van der Waals surface area contributed by atoms with Crippen molar-refractivity contribution in [1.29, 1.82) is 0 Å². The van der Waals surface area contributed by atoms with Gasteiger partial charge in [-0.2, -0.15) is 0 Å². The minimum absolute atomic E-state index is 0.0781. The normalized spacial score (nSPS) is 17.3. The van der Waals surface area contributed by atoms with Gasteiger partial charge in [0.25, 0.3) is 5.91 Å². The molecule has 1 fully saturated rings. The summed E-state index contributed by atoms with van der Waals surface area (Å²) in [4.78, 5) is 14.3. The summed E-state index contributed by atoms with van der Waals surface area (Å²) in [6.45, 7) is 6.96. The highest BCUT2D eigenvalue weighted by atomic mass is 16.3. The van der Waals surface area contributed by atoms with Crippen LogP contribution in [0.5, 0.6) is 0 Å². The second-order valence-corrected chi connectivity index (χ2v) is 4.84. The average molecular weight is 263 g/mol. The lowest BCUT2D eigenvalue weighted by atomic mass is 10.0. The first-order chi connectivity index (χ1) is 9.22. The standard InChI is InChI=1S/C14H21N3O2/c1-2-5-17-6-3-12(4-7-17)16-14(18)11-8-13(9-15)19-10-11/h2,8,10,12H,1,3-7,9,15H2,(H,16,18). The van der Waals surface area contributed by atoms with Crippen molar-refractivity contribution in [3.8, 4) is 0 Å². The lowest BCUT2D eigenvalue weighted by Gasteiger charge is -2.31. The Labute approximate surface area is 113 Å². The molecule has 2 rings (SSSR count). The molecule has 0 radical (unpaired) electrons. The summed E-state index contributed by atoms with van der Waals surface area (Å²) in [6.07, 6.45) is 5.32. The SMILES string of the molecule is C=CCN1CCC(NC(=O)c2coc(CN)c2)CC1. The highest BCUT2D eigenvalue weighted by molar-refractivity contribution is 5.94. The van der Waals surface area contributed by atoms with E-state index in [0.717, 1.165) is 32.5 Å². The molecular weight excluding hydrogens is 242 g/mol. The zero-order chi connectivity index (χ0) is 13.7. The van der Waals surface area contributed by atoms with Crippen LogP contribution in [0.25, 0.3) is 0 Å². The van der Waals surface area contributed by atoms with Gasteiger partial charge in [-0.3, -0.25) is 9.69 Å². The first kappa shape index (κ1) is 13.8. The molecule has 0 spiro atoms. The van der Waals surface area contributed by atoms with E-state index in [2.05, 4.69) is 16.8 Å². The number of likely N-dealkylation sites (tertiary alicyclic amines) is 1. The Balaban J connectivity index is 1.82. The van der Waals surface area contributed by atoms with E-state index in [0.29, 0.717) is 17.9 Å². The number of hydrogen-bond acceptors (Lipinski definition) is 4. The van der Waals surface area contributed by atoms with Crippen molar-refractivity contribution >= 4 is 5.91 Å². The van der Waals surface area contributed by atoms with Crippen LogP contribution in [-0.2, 0) is 6.54 Å². The van der Waals surface area contributed by atoms with Gasteiger partial charge in [0, 0.05) is 25.7 Å². The number of nitrogens with two attached hydrogens (primary N) is 1. The molecule has 0 saturated carbocycles. The van der Waals surface area contributed by atoms with Crippen molar-refractivity contribution in [1.82, 2.24) is 10.2 Å². The molecule has 0 atom stereocenters. The summed E-state index contributed by atoms with van der Waals surface area (Å²) in [5.74, 6) is 0.552. The van der Waals surface area contributed by atoms with Gasteiger partial charge in [-0.25, -0.2) is 0 Å². The second kappa shape index (κ2) is 6.54. The molecule has 19 heavy (non-hydrogen) atoms. The number of nitrogens with one attached hydrogen (secondary N) is 1. The van der Waals surface area contributed by atoms with Crippen LogP contribution in [-0.4, -0.2) is 36.5 Å². The van der Waals surface area contributed by atoms with E-state index >= 15 is 0 Å². The van der Waals surface area contributed by atoms with Crippen molar-refractivity contribution in [3.05, 3.63) is 36.3 Å². The lowest BCUT2D eigenvalue weighted by Crippen LogP contribution is -2.44. The first-order valence-electron chi connectivity index (χ1n) is 6.64. The highest BCUT2D eigenvalue weighted by Crippen LogP contribution is 2.12. The number of carbonyl (C=O) groups excluding carboxylic acids is 1. The molecule has 0 aliphatic carbocycles. The van der Waals surface area contributed by atoms with Gasteiger partial charge in [0.2, 0.25) is 0 Å². The predicted octanol–water partition coefficient (Wildman–Crippen LogP) is 1.12. The number of carbonyl (C=O) groups is 1. The molecule has 0 bridgehead atoms. The lowest BCUT2D eigenvalue weighted by molar-refractivity contribution is 0.0913. The summed E-state index contributed by atoms with van der Waals surface area (Å²) in [7, 11) is 0. The molecule has 1 aliphatic heterocycles. The van der Waals surface area contributed by atoms with Crippen LogP contribution in [0, 0.1) is 0 Å². The number of furan rings is 1. The van der Waals surface area contributed by atoms with Gasteiger partial charge in [-0.1, -0.05) is 6.08 Å². The van der Waals surface area contributed by atoms with Gasteiger partial charge in [-0.05, 0) is 18.9 Å². The Morgan fingerprint density at radius 2 is 2.32 bits per heavy atom. The summed E-state index contributed by atoms with van der Waals surface area (Å²) >= 11 is 0. The van der Waals surface area contributed by atoms with E-state index in [-0.39, 0.29) is 11.9 Å². The van der Waals surface area contributed by atoms with Crippen molar-refractivity contribution < 1.29 is 9.21 Å². The monoisotopic (exact) mass is 263 g/mol. The Kier molecular flexibility index (Phi) is 4.76. The maximum Gasteiger partial charge on any atom is 0.254 e. The Morgan fingerprint density at radius 3 is 2.89 bits per heavy atom. The quantitative estimate of drug-likeness (QED) is 0.781. The molecule has 1 saturated heterocycles. The fourth-order valence-corrected chi connectivity index (χ4v) is 2.32. The smallest absolute Gasteiger partial charge is 0.254 e. The van der Waals surface area contributed by atoms with Crippen LogP contribution in [0.1, 0.15) is 29.0 Å². The fourth-order valence-electron chi connectivity index (χ4n) is 2.32. The molecular formula is C14H21N3O2. The minimum Gasteiger partial charge on any atom is -0.467 e. The third kappa shape index (κ3) is 3.68. The van der Waals surface area contributed by atoms with Crippen molar-refractivity contribution in [2.24, 2.45) is 5.73 Å². The van der Waals surface area contributed by atoms with Gasteiger partial charge < -0.3 is 15.5 Å². The van der Waals surface area contributed by atoms with Crippen molar-refractivity contribution in [2.45, 2.75) is 25.4 Å². The predicted molar refractivity (Wildman–Crippen MR) is 73.7 cm³/mol. The Morgan fingerprint density at radius 1 is 1.58 bits per heavy atom. The third-order valence-corrected chi connectivity index (χ3v) is 3.43. The van der Waals surface area contributed by atoms with E-state index in [1.807, 2.05) is 6.08 Å². The molecule has 0 unspecified atom stereocenters. The first-order valence-corrected chi connectivity index (χ1v) is 6.64. The second-order valence-electron chi connectivity index (χ2n) is 4.84. The van der Waals surface area contributed by atoms with Gasteiger partial charge in [0.1, 0.15) is 12.0 Å². The van der Waals surface area contributed by atoms with Crippen molar-refractivity contribution in [2.75, 3.05) is 19.6 Å². The van der Waals surface area contributed by atoms with Gasteiger partial charge in [-0.15, -0.1) is 6.58 Å². The number of amides is 1. The molecule has 1 aromatic rings. The van der Waals surface area contributed by atoms with Gasteiger partial charge in [0.15, 0.2) is 0 Å². The minimum atomic E-state index is -0.0781. The van der Waals surface area contributed by atoms with Crippen LogP contribution in [0.2, 0.25) is 0 Å². The summed E-state index contributed by atoms with van der Waals surface area (Å²) in [6, 6.07) is 1.94. The van der Waals surface area contributed by atoms with Gasteiger partial charge >= 0.3 is 0 Å². The average Bonchev–Trinajstić information content (AvgIpc) is 2.90. The van der Waals surface area contributed by atoms with Crippen LogP contribution in [0.3, 0.4) is 0 Å². The summed E-state index contributed by atoms with van der Waals surface area (Å²) in [5, 5.41) is 3.04. The molecule has 5 nitrogen and oxygen atoms in total. The van der Waals surface area contributed by atoms with E-state index < -0.39 is 0 Å². The van der Waals surface area contributed by atoms with Crippen molar-refractivity contribution in [3.63, 3.8) is 0 Å². The number of hydrogen-bond donors (Lipinski definition) is 2. The number of rotatable bonds is 5. The fraction of sp³-hybridized carbons (Fsp3) is 0.500. The molecule has 1 amide bonds. The maximum atomic E-state index is 12.0. The number of piperidine rings is 1. The van der Waals surface area contributed by atoms with E-state index in [4.69, 9.17) is 10.2 Å². The molecule has 1 aliphatic rings. The molecule has 104 valence electrons. The molecule has 2 heterocycles. The molecule has 5 heteroatoms. The third-order valence-electron chi connectivity index (χ3n) is 3.43. The molecule has 0 aromatic carbocycles. The summed E-state index contributed by atoms with van der Waals surface area (Å²) < 4.78 is 5.17. The van der Waals surface area contributed by atoms with Crippen LogP contribution >= 0.6 is 0 Å². The zero-order valence-corrected chi connectivity index (χ0v) is 11.1. The largest absolute Gasteiger partial charge is 0.467 e. The Hall–Kier alpha value is -1.59.